The highest BCUT2D eigenvalue weighted by molar-refractivity contribution is 8.15. The van der Waals surface area contributed by atoms with E-state index in [1.807, 2.05) is 6.92 Å². The van der Waals surface area contributed by atoms with Crippen molar-refractivity contribution in [2.75, 3.05) is 12.9 Å². The Hall–Kier alpha value is -3.66. The molecule has 0 saturated carbocycles. The molecule has 0 aliphatic rings. The number of phenols is 1. The third-order valence-corrected chi connectivity index (χ3v) is 4.63. The topological polar surface area (TPSA) is 130 Å². The second-order valence-electron chi connectivity index (χ2n) is 6.20. The minimum atomic E-state index is -1.34. The lowest BCUT2D eigenvalue weighted by Gasteiger charge is -2.11. The predicted octanol–water partition coefficient (Wildman–Crippen LogP) is 4.71. The van der Waals surface area contributed by atoms with Crippen molar-refractivity contribution >= 4 is 34.3 Å². The maximum atomic E-state index is 11.2. The minimum absolute atomic E-state index is 0.0350. The van der Waals surface area contributed by atoms with Crippen LogP contribution < -0.4 is 4.74 Å². The first kappa shape index (κ1) is 22.0. The van der Waals surface area contributed by atoms with E-state index < -0.39 is 6.09 Å². The van der Waals surface area contributed by atoms with Crippen LogP contribution in [0.3, 0.4) is 0 Å². The molecule has 0 fully saturated rings. The second kappa shape index (κ2) is 9.90. The van der Waals surface area contributed by atoms with Crippen molar-refractivity contribution in [1.29, 1.82) is 0 Å². The van der Waals surface area contributed by atoms with Crippen LogP contribution in [0, 0.1) is 6.92 Å². The smallest absolute Gasteiger partial charge is 0.432 e. The van der Waals surface area contributed by atoms with Gasteiger partial charge in [0.05, 0.1) is 12.3 Å². The second-order valence-corrected chi connectivity index (χ2v) is 6.99. The zero-order valence-electron chi connectivity index (χ0n) is 17.1. The van der Waals surface area contributed by atoms with Gasteiger partial charge in [0, 0.05) is 24.1 Å². The molecule has 0 atom stereocenters. The number of aromatic hydroxyl groups is 1. The summed E-state index contributed by atoms with van der Waals surface area (Å²) in [7, 11) is 0. The van der Waals surface area contributed by atoms with E-state index in [1.54, 1.807) is 43.5 Å². The van der Waals surface area contributed by atoms with Gasteiger partial charge >= 0.3 is 6.09 Å². The molecular formula is C21H20N4O5S. The van der Waals surface area contributed by atoms with Gasteiger partial charge in [0.25, 0.3) is 0 Å². The maximum absolute atomic E-state index is 11.2. The fraction of sp³-hybridized carbons (Fsp3) is 0.190. The van der Waals surface area contributed by atoms with E-state index in [1.165, 1.54) is 12.1 Å². The summed E-state index contributed by atoms with van der Waals surface area (Å²) in [6.45, 7) is 3.94. The summed E-state index contributed by atoms with van der Waals surface area (Å²) in [6.07, 6.45) is 0.357. The van der Waals surface area contributed by atoms with Crippen LogP contribution >= 0.6 is 11.8 Å². The van der Waals surface area contributed by atoms with Crippen molar-refractivity contribution in [3.8, 4) is 22.9 Å². The molecule has 31 heavy (non-hydrogen) atoms. The Bertz CT molecular complexity index is 1140. The Balaban J connectivity index is 2.08. The Kier molecular flexibility index (Phi) is 7.03. The van der Waals surface area contributed by atoms with Crippen molar-refractivity contribution in [1.82, 2.24) is 10.1 Å². The summed E-state index contributed by atoms with van der Waals surface area (Å²) < 4.78 is 10.5. The third kappa shape index (κ3) is 5.70. The average molecular weight is 440 g/mol. The lowest BCUT2D eigenvalue weighted by atomic mass is 10.1. The standard InChI is InChI=1S/C21H20N4O5S/c1-4-29-17-10-14(9-16(26)11-17)18(20(31-3)24-21(27)28)23-15-7-5-13(6-8-15)19-22-12(2)30-25-19/h5-11,26H,4H2,1-3H3,(H,27,28). The van der Waals surface area contributed by atoms with E-state index in [0.29, 0.717) is 35.3 Å². The molecule has 10 heteroatoms. The van der Waals surface area contributed by atoms with Crippen LogP contribution in [0.4, 0.5) is 10.5 Å². The Morgan fingerprint density at radius 1 is 1.23 bits per heavy atom. The van der Waals surface area contributed by atoms with Gasteiger partial charge < -0.3 is 19.5 Å². The van der Waals surface area contributed by atoms with Crippen LogP contribution in [0.1, 0.15) is 18.4 Å². The largest absolute Gasteiger partial charge is 0.508 e. The average Bonchev–Trinajstić information content (AvgIpc) is 3.17. The van der Waals surface area contributed by atoms with Gasteiger partial charge in [-0.3, -0.25) is 0 Å². The number of hydrogen-bond acceptors (Lipinski definition) is 8. The first-order chi connectivity index (χ1) is 14.9. The highest BCUT2D eigenvalue weighted by atomic mass is 32.2. The molecule has 0 spiro atoms. The van der Waals surface area contributed by atoms with Crippen molar-refractivity contribution in [3.63, 3.8) is 0 Å². The van der Waals surface area contributed by atoms with Crippen LogP contribution in [-0.2, 0) is 0 Å². The summed E-state index contributed by atoms with van der Waals surface area (Å²) in [5, 5.41) is 23.4. The van der Waals surface area contributed by atoms with Crippen molar-refractivity contribution in [2.24, 2.45) is 9.98 Å². The van der Waals surface area contributed by atoms with Gasteiger partial charge in [-0.05, 0) is 49.6 Å². The van der Waals surface area contributed by atoms with Gasteiger partial charge in [0.2, 0.25) is 11.7 Å². The summed E-state index contributed by atoms with van der Waals surface area (Å²) in [6, 6.07) is 11.7. The van der Waals surface area contributed by atoms with Crippen LogP contribution in [0.2, 0.25) is 0 Å². The fourth-order valence-corrected chi connectivity index (χ4v) is 3.24. The monoisotopic (exact) mass is 440 g/mol. The highest BCUT2D eigenvalue weighted by Crippen LogP contribution is 2.27. The molecule has 9 nitrogen and oxygen atoms in total. The molecule has 2 N–H and O–H groups in total. The molecule has 3 aromatic rings. The lowest BCUT2D eigenvalue weighted by molar-refractivity contribution is 0.206. The zero-order valence-corrected chi connectivity index (χ0v) is 17.9. The highest BCUT2D eigenvalue weighted by Gasteiger charge is 2.16. The zero-order chi connectivity index (χ0) is 22.4. The summed E-state index contributed by atoms with van der Waals surface area (Å²) in [4.78, 5) is 23.7. The van der Waals surface area contributed by atoms with E-state index >= 15 is 0 Å². The molecule has 0 saturated heterocycles. The Morgan fingerprint density at radius 2 is 1.97 bits per heavy atom. The predicted molar refractivity (Wildman–Crippen MR) is 119 cm³/mol. The van der Waals surface area contributed by atoms with Crippen LogP contribution in [0.15, 0.2) is 57.0 Å². The van der Waals surface area contributed by atoms with Crippen molar-refractivity contribution in [2.45, 2.75) is 13.8 Å². The van der Waals surface area contributed by atoms with E-state index in [0.717, 1.165) is 17.3 Å². The maximum Gasteiger partial charge on any atom is 0.432 e. The SMILES string of the molecule is CCOc1cc(O)cc(C(=Nc2ccc(-c3noc(C)n3)cc2)C(=NC(=O)O)SC)c1. The first-order valence-electron chi connectivity index (χ1n) is 9.22. The van der Waals surface area contributed by atoms with Gasteiger partial charge in [-0.2, -0.15) is 9.98 Å². The summed E-state index contributed by atoms with van der Waals surface area (Å²) in [5.41, 5.74) is 2.05. The number of hydrogen-bond donors (Lipinski definition) is 2. The van der Waals surface area contributed by atoms with Crippen LogP contribution in [-0.4, -0.2) is 50.1 Å². The molecule has 2 aromatic carbocycles. The van der Waals surface area contributed by atoms with Gasteiger partial charge in [0.1, 0.15) is 22.3 Å². The van der Waals surface area contributed by atoms with E-state index in [2.05, 4.69) is 20.1 Å². The fourth-order valence-electron chi connectivity index (χ4n) is 2.72. The van der Waals surface area contributed by atoms with Crippen LogP contribution in [0.25, 0.3) is 11.4 Å². The molecule has 0 aliphatic carbocycles. The third-order valence-electron chi connectivity index (χ3n) is 3.96. The lowest BCUT2D eigenvalue weighted by Crippen LogP contribution is -2.14. The van der Waals surface area contributed by atoms with Crippen LogP contribution in [0.5, 0.6) is 11.5 Å². The number of phenolic OH excluding ortho intramolecular Hbond substituents is 1. The van der Waals surface area contributed by atoms with Gasteiger partial charge in [-0.15, -0.1) is 11.8 Å². The number of rotatable bonds is 6. The molecule has 1 aromatic heterocycles. The van der Waals surface area contributed by atoms with Gasteiger partial charge in [-0.1, -0.05) is 5.16 Å². The van der Waals surface area contributed by atoms with E-state index in [9.17, 15) is 15.0 Å². The molecule has 160 valence electrons. The molecule has 0 bridgehead atoms. The summed E-state index contributed by atoms with van der Waals surface area (Å²) >= 11 is 1.13. The first-order valence-corrected chi connectivity index (χ1v) is 10.4. The number of aromatic nitrogens is 2. The van der Waals surface area contributed by atoms with Gasteiger partial charge in [-0.25, -0.2) is 9.79 Å². The number of amides is 1. The van der Waals surface area contributed by atoms with Crippen molar-refractivity contribution in [3.05, 3.63) is 53.9 Å². The number of carbonyl (C=O) groups is 1. The molecule has 1 amide bonds. The summed E-state index contributed by atoms with van der Waals surface area (Å²) in [5.74, 6) is 1.32. The number of benzene rings is 2. The Labute approximate surface area is 182 Å². The Morgan fingerprint density at radius 3 is 2.55 bits per heavy atom. The van der Waals surface area contributed by atoms with Gasteiger partial charge in [0.15, 0.2) is 0 Å². The number of aliphatic imine (C=N–C) groups is 2. The quantitative estimate of drug-likeness (QED) is 0.416. The van der Waals surface area contributed by atoms with Crippen molar-refractivity contribution < 1.29 is 24.3 Å². The van der Waals surface area contributed by atoms with E-state index in [-0.39, 0.29) is 16.5 Å². The molecule has 0 radical (unpaired) electrons. The number of nitrogens with zero attached hydrogens (tertiary/aromatic N) is 4. The molecular weight excluding hydrogens is 420 g/mol. The molecule has 1 heterocycles. The minimum Gasteiger partial charge on any atom is -0.508 e. The molecule has 0 unspecified atom stereocenters. The molecule has 3 rings (SSSR count). The normalized spacial score (nSPS) is 12.1. The molecule has 0 aliphatic heterocycles. The van der Waals surface area contributed by atoms with E-state index in [4.69, 9.17) is 9.26 Å². The number of ether oxygens (including phenoxy) is 1. The number of aryl methyl sites for hydroxylation is 1. The number of thioether (sulfide) groups is 1. The number of carboxylic acid groups (broad SMARTS) is 1.